The van der Waals surface area contributed by atoms with Gasteiger partial charge in [0, 0.05) is 17.7 Å². The van der Waals surface area contributed by atoms with Crippen molar-refractivity contribution in [2.24, 2.45) is 0 Å². The van der Waals surface area contributed by atoms with Gasteiger partial charge in [0.05, 0.1) is 11.4 Å². The Morgan fingerprint density at radius 3 is 1.96 bits per heavy atom. The van der Waals surface area contributed by atoms with E-state index in [9.17, 15) is 4.79 Å². The molecule has 0 aliphatic heterocycles. The monoisotopic (exact) mass is 356 g/mol. The molecular formula is C21H28N2O3. The Morgan fingerprint density at radius 2 is 1.42 bits per heavy atom. The number of rotatable bonds is 4. The van der Waals surface area contributed by atoms with Gasteiger partial charge in [0.15, 0.2) is 0 Å². The van der Waals surface area contributed by atoms with Crippen LogP contribution in [0, 0.1) is 0 Å². The Labute approximate surface area is 155 Å². The fourth-order valence-electron chi connectivity index (χ4n) is 2.29. The minimum atomic E-state index is -0.439. The predicted octanol–water partition coefficient (Wildman–Crippen LogP) is 4.88. The van der Waals surface area contributed by atoms with Gasteiger partial charge in [-0.2, -0.15) is 0 Å². The molecule has 26 heavy (non-hydrogen) atoms. The molecule has 0 heterocycles. The fourth-order valence-corrected chi connectivity index (χ4v) is 2.29. The first kappa shape index (κ1) is 19.6. The van der Waals surface area contributed by atoms with Crippen LogP contribution in [-0.4, -0.2) is 17.1 Å². The van der Waals surface area contributed by atoms with Crippen molar-refractivity contribution in [3.63, 3.8) is 0 Å². The molecule has 0 saturated carbocycles. The number of hydrogen-bond donors (Lipinski definition) is 2. The lowest BCUT2D eigenvalue weighted by molar-refractivity contribution is 0.102. The van der Waals surface area contributed by atoms with Crippen LogP contribution >= 0.6 is 0 Å². The molecule has 2 aromatic carbocycles. The van der Waals surface area contributed by atoms with Crippen molar-refractivity contribution >= 4 is 17.3 Å². The lowest BCUT2D eigenvalue weighted by Gasteiger charge is -2.26. The Balaban J connectivity index is 2.42. The zero-order valence-corrected chi connectivity index (χ0v) is 16.3. The highest BCUT2D eigenvalue weighted by molar-refractivity contribution is 6.05. The summed E-state index contributed by atoms with van der Waals surface area (Å²) in [6.07, 6.45) is 0. The van der Waals surface area contributed by atoms with E-state index in [4.69, 9.17) is 15.2 Å². The van der Waals surface area contributed by atoms with E-state index in [0.29, 0.717) is 28.4 Å². The molecule has 0 aliphatic rings. The summed E-state index contributed by atoms with van der Waals surface area (Å²) in [6, 6.07) is 12.4. The van der Waals surface area contributed by atoms with E-state index in [2.05, 4.69) is 5.32 Å². The molecule has 140 valence electrons. The average Bonchev–Trinajstić information content (AvgIpc) is 2.49. The number of carbonyl (C=O) groups is 1. The van der Waals surface area contributed by atoms with Crippen LogP contribution in [0.25, 0.3) is 0 Å². The zero-order valence-electron chi connectivity index (χ0n) is 16.3. The van der Waals surface area contributed by atoms with Crippen molar-refractivity contribution < 1.29 is 14.3 Å². The SMILES string of the molecule is CC(C)(C)Oc1cc(NC(=O)c2ccccc2)c(OC(C)(C)C)cc1N. The third kappa shape index (κ3) is 5.69. The van der Waals surface area contributed by atoms with Gasteiger partial charge in [-0.1, -0.05) is 18.2 Å². The molecule has 1 amide bonds. The molecule has 3 N–H and O–H groups in total. The highest BCUT2D eigenvalue weighted by Gasteiger charge is 2.21. The van der Waals surface area contributed by atoms with E-state index in [-0.39, 0.29) is 5.91 Å². The van der Waals surface area contributed by atoms with Gasteiger partial charge in [-0.15, -0.1) is 0 Å². The number of carbonyl (C=O) groups excluding carboxylic acids is 1. The molecule has 0 aliphatic carbocycles. The molecule has 5 nitrogen and oxygen atoms in total. The number of anilines is 2. The van der Waals surface area contributed by atoms with Crippen LogP contribution < -0.4 is 20.5 Å². The Morgan fingerprint density at radius 1 is 0.885 bits per heavy atom. The molecular weight excluding hydrogens is 328 g/mol. The molecule has 0 spiro atoms. The summed E-state index contributed by atoms with van der Waals surface area (Å²) in [7, 11) is 0. The predicted molar refractivity (Wildman–Crippen MR) is 106 cm³/mol. The van der Waals surface area contributed by atoms with Gasteiger partial charge in [0.25, 0.3) is 5.91 Å². The summed E-state index contributed by atoms with van der Waals surface area (Å²) < 4.78 is 11.9. The van der Waals surface area contributed by atoms with Crippen LogP contribution in [0.3, 0.4) is 0 Å². The minimum Gasteiger partial charge on any atom is -0.486 e. The van der Waals surface area contributed by atoms with E-state index >= 15 is 0 Å². The van der Waals surface area contributed by atoms with Crippen molar-refractivity contribution in [1.29, 1.82) is 0 Å². The molecule has 0 radical (unpaired) electrons. The number of ether oxygens (including phenoxy) is 2. The van der Waals surface area contributed by atoms with Crippen LogP contribution in [0.1, 0.15) is 51.9 Å². The van der Waals surface area contributed by atoms with E-state index in [1.54, 1.807) is 24.3 Å². The topological polar surface area (TPSA) is 73.6 Å². The van der Waals surface area contributed by atoms with Gasteiger partial charge < -0.3 is 20.5 Å². The number of benzene rings is 2. The van der Waals surface area contributed by atoms with Crippen molar-refractivity contribution in [3.05, 3.63) is 48.0 Å². The Bertz CT molecular complexity index is 772. The molecule has 0 bridgehead atoms. The van der Waals surface area contributed by atoms with E-state index < -0.39 is 11.2 Å². The zero-order chi connectivity index (χ0) is 19.5. The second-order valence-corrected chi connectivity index (χ2v) is 8.14. The molecule has 0 fully saturated rings. The number of nitrogens with one attached hydrogen (secondary N) is 1. The first-order valence-corrected chi connectivity index (χ1v) is 8.62. The second-order valence-electron chi connectivity index (χ2n) is 8.14. The minimum absolute atomic E-state index is 0.226. The van der Waals surface area contributed by atoms with Gasteiger partial charge in [-0.05, 0) is 53.7 Å². The van der Waals surface area contributed by atoms with Crippen LogP contribution in [-0.2, 0) is 0 Å². The number of hydrogen-bond acceptors (Lipinski definition) is 4. The fraction of sp³-hybridized carbons (Fsp3) is 0.381. The standard InChI is InChI=1S/C21H28N2O3/c1-20(2,3)25-17-13-16(18(12-15(17)22)26-21(4,5)6)23-19(24)14-10-8-7-9-11-14/h7-13H,22H2,1-6H3,(H,23,24). The maximum atomic E-state index is 12.6. The molecule has 0 saturated heterocycles. The first-order valence-electron chi connectivity index (χ1n) is 8.62. The smallest absolute Gasteiger partial charge is 0.255 e. The van der Waals surface area contributed by atoms with Gasteiger partial charge in [-0.25, -0.2) is 0 Å². The lowest BCUT2D eigenvalue weighted by Crippen LogP contribution is -2.25. The van der Waals surface area contributed by atoms with Crippen LogP contribution in [0.5, 0.6) is 11.5 Å². The lowest BCUT2D eigenvalue weighted by atomic mass is 10.1. The molecule has 2 aromatic rings. The van der Waals surface area contributed by atoms with Gasteiger partial charge in [0.2, 0.25) is 0 Å². The van der Waals surface area contributed by atoms with Crippen molar-refractivity contribution in [2.45, 2.75) is 52.7 Å². The molecule has 2 rings (SSSR count). The quantitative estimate of drug-likeness (QED) is 0.766. The summed E-state index contributed by atoms with van der Waals surface area (Å²) in [5.41, 5.74) is 6.82. The largest absolute Gasteiger partial charge is 0.486 e. The number of nitrogens with two attached hydrogens (primary N) is 1. The van der Waals surface area contributed by atoms with E-state index in [1.807, 2.05) is 59.7 Å². The highest BCUT2D eigenvalue weighted by atomic mass is 16.5. The van der Waals surface area contributed by atoms with Crippen molar-refractivity contribution in [2.75, 3.05) is 11.1 Å². The summed E-state index contributed by atoms with van der Waals surface area (Å²) in [4.78, 5) is 12.6. The molecule has 0 aromatic heterocycles. The van der Waals surface area contributed by atoms with Gasteiger partial charge in [0.1, 0.15) is 22.7 Å². The maximum Gasteiger partial charge on any atom is 0.255 e. The summed E-state index contributed by atoms with van der Waals surface area (Å²) in [5, 5.41) is 2.90. The van der Waals surface area contributed by atoms with E-state index in [1.165, 1.54) is 0 Å². The van der Waals surface area contributed by atoms with Crippen LogP contribution in [0.4, 0.5) is 11.4 Å². The van der Waals surface area contributed by atoms with Gasteiger partial charge >= 0.3 is 0 Å². The maximum absolute atomic E-state index is 12.6. The third-order valence-corrected chi connectivity index (χ3v) is 3.23. The normalized spacial score (nSPS) is 11.8. The summed E-state index contributed by atoms with van der Waals surface area (Å²) >= 11 is 0. The number of nitrogen functional groups attached to an aromatic ring is 1. The van der Waals surface area contributed by atoms with Crippen LogP contribution in [0.15, 0.2) is 42.5 Å². The Hall–Kier alpha value is -2.69. The Kier molecular flexibility index (Phi) is 5.50. The summed E-state index contributed by atoms with van der Waals surface area (Å²) in [5.74, 6) is 0.776. The van der Waals surface area contributed by atoms with Crippen LogP contribution in [0.2, 0.25) is 0 Å². The van der Waals surface area contributed by atoms with Crippen molar-refractivity contribution in [3.8, 4) is 11.5 Å². The molecule has 5 heteroatoms. The van der Waals surface area contributed by atoms with Gasteiger partial charge in [-0.3, -0.25) is 4.79 Å². The van der Waals surface area contributed by atoms with E-state index in [0.717, 1.165) is 0 Å². The third-order valence-electron chi connectivity index (χ3n) is 3.23. The second kappa shape index (κ2) is 7.28. The first-order chi connectivity index (χ1) is 11.9. The average molecular weight is 356 g/mol. The molecule has 0 atom stereocenters. The molecule has 0 unspecified atom stereocenters. The highest BCUT2D eigenvalue weighted by Crippen LogP contribution is 2.38. The summed E-state index contributed by atoms with van der Waals surface area (Å²) in [6.45, 7) is 11.6. The van der Waals surface area contributed by atoms with Crippen molar-refractivity contribution in [1.82, 2.24) is 0 Å². The number of amides is 1.